The summed E-state index contributed by atoms with van der Waals surface area (Å²) >= 11 is 1.43. The minimum absolute atomic E-state index is 0.231. The third kappa shape index (κ3) is 5.90. The molecule has 0 unspecified atom stereocenters. The van der Waals surface area contributed by atoms with Gasteiger partial charge in [0.1, 0.15) is 23.1 Å². The van der Waals surface area contributed by atoms with Gasteiger partial charge >= 0.3 is 0 Å². The Hall–Kier alpha value is -3.91. The maximum Gasteiger partial charge on any atom is 0.271 e. The SMILES string of the molecule is CCOc1ccc(-c2nc(C(=O)NCc3ccc(OCc4ccncc4)c(OC)c3)cs2)cc1. The second-order valence-corrected chi connectivity index (χ2v) is 8.17. The van der Waals surface area contributed by atoms with Crippen molar-refractivity contribution in [1.82, 2.24) is 15.3 Å². The van der Waals surface area contributed by atoms with Crippen LogP contribution in [-0.2, 0) is 13.2 Å². The smallest absolute Gasteiger partial charge is 0.271 e. The molecule has 1 amide bonds. The van der Waals surface area contributed by atoms with E-state index in [4.69, 9.17) is 14.2 Å². The molecule has 2 aromatic heterocycles. The highest BCUT2D eigenvalue weighted by Crippen LogP contribution is 2.29. The van der Waals surface area contributed by atoms with Crippen LogP contribution < -0.4 is 19.5 Å². The number of nitrogens with one attached hydrogen (secondary N) is 1. The molecule has 8 heteroatoms. The summed E-state index contributed by atoms with van der Waals surface area (Å²) in [6.45, 7) is 3.32. The molecular formula is C26H25N3O4S. The fourth-order valence-corrected chi connectivity index (χ4v) is 4.03. The molecular weight excluding hydrogens is 450 g/mol. The van der Waals surface area contributed by atoms with E-state index in [1.165, 1.54) is 11.3 Å². The van der Waals surface area contributed by atoms with Crippen LogP contribution in [0.5, 0.6) is 17.2 Å². The zero-order valence-corrected chi connectivity index (χ0v) is 19.8. The fourth-order valence-electron chi connectivity index (χ4n) is 3.23. The van der Waals surface area contributed by atoms with Crippen molar-refractivity contribution in [3.05, 3.63) is 89.2 Å². The number of carbonyl (C=O) groups is 1. The van der Waals surface area contributed by atoms with E-state index in [2.05, 4.69) is 15.3 Å². The van der Waals surface area contributed by atoms with Gasteiger partial charge in [-0.2, -0.15) is 0 Å². The maximum absolute atomic E-state index is 12.6. The Morgan fingerprint density at radius 3 is 2.50 bits per heavy atom. The summed E-state index contributed by atoms with van der Waals surface area (Å²) in [4.78, 5) is 21.1. The first-order valence-electron chi connectivity index (χ1n) is 10.8. The molecule has 0 radical (unpaired) electrons. The van der Waals surface area contributed by atoms with E-state index in [1.54, 1.807) is 24.9 Å². The van der Waals surface area contributed by atoms with Crippen molar-refractivity contribution in [2.75, 3.05) is 13.7 Å². The predicted octanol–water partition coefficient (Wildman–Crippen LogP) is 5.12. The number of carbonyl (C=O) groups excluding carboxylic acids is 1. The summed E-state index contributed by atoms with van der Waals surface area (Å²) in [6.07, 6.45) is 3.45. The molecule has 0 atom stereocenters. The standard InChI is InChI=1S/C26H25N3O4S/c1-3-32-21-7-5-20(6-8-21)26-29-22(17-34-26)25(30)28-15-19-4-9-23(24(14-19)31-2)33-16-18-10-12-27-13-11-18/h4-14,17H,3,15-16H2,1-2H3,(H,28,30). The molecule has 174 valence electrons. The highest BCUT2D eigenvalue weighted by atomic mass is 32.1. The molecule has 0 aliphatic heterocycles. The van der Waals surface area contributed by atoms with Crippen molar-refractivity contribution in [3.8, 4) is 27.8 Å². The van der Waals surface area contributed by atoms with E-state index in [0.717, 1.165) is 27.4 Å². The summed E-state index contributed by atoms with van der Waals surface area (Å²) in [5.74, 6) is 1.82. The zero-order chi connectivity index (χ0) is 23.8. The average molecular weight is 476 g/mol. The number of ether oxygens (including phenoxy) is 3. The van der Waals surface area contributed by atoms with Gasteiger partial charge in [0.15, 0.2) is 11.5 Å². The van der Waals surface area contributed by atoms with Crippen molar-refractivity contribution in [2.45, 2.75) is 20.1 Å². The molecule has 4 aromatic rings. The Labute approximate surface area is 202 Å². The monoisotopic (exact) mass is 475 g/mol. The number of hydrogen-bond acceptors (Lipinski definition) is 7. The molecule has 0 saturated carbocycles. The van der Waals surface area contributed by atoms with E-state index in [0.29, 0.717) is 37.0 Å². The lowest BCUT2D eigenvalue weighted by Gasteiger charge is -2.12. The Morgan fingerprint density at radius 2 is 1.76 bits per heavy atom. The number of methoxy groups -OCH3 is 1. The minimum atomic E-state index is -0.231. The van der Waals surface area contributed by atoms with E-state index >= 15 is 0 Å². The topological polar surface area (TPSA) is 82.6 Å². The number of benzene rings is 2. The van der Waals surface area contributed by atoms with Gasteiger partial charge in [0.05, 0.1) is 13.7 Å². The molecule has 2 heterocycles. The van der Waals surface area contributed by atoms with Crippen LogP contribution >= 0.6 is 11.3 Å². The average Bonchev–Trinajstić information content (AvgIpc) is 3.38. The molecule has 0 fully saturated rings. The molecule has 0 bridgehead atoms. The van der Waals surface area contributed by atoms with Gasteiger partial charge in [-0.3, -0.25) is 9.78 Å². The number of amides is 1. The Kier molecular flexibility index (Phi) is 7.72. The second kappa shape index (κ2) is 11.3. The molecule has 1 N–H and O–H groups in total. The fraction of sp³-hybridized carbons (Fsp3) is 0.192. The summed E-state index contributed by atoms with van der Waals surface area (Å²) < 4.78 is 16.8. The molecule has 34 heavy (non-hydrogen) atoms. The lowest BCUT2D eigenvalue weighted by atomic mass is 10.2. The normalized spacial score (nSPS) is 10.5. The molecule has 0 spiro atoms. The highest BCUT2D eigenvalue weighted by Gasteiger charge is 2.13. The third-order valence-electron chi connectivity index (χ3n) is 4.97. The zero-order valence-electron chi connectivity index (χ0n) is 19.0. The van der Waals surface area contributed by atoms with E-state index in [-0.39, 0.29) is 5.91 Å². The van der Waals surface area contributed by atoms with E-state index < -0.39 is 0 Å². The maximum atomic E-state index is 12.6. The summed E-state index contributed by atoms with van der Waals surface area (Å²) in [6, 6.07) is 17.1. The molecule has 0 saturated heterocycles. The van der Waals surface area contributed by atoms with Crippen LogP contribution in [0.2, 0.25) is 0 Å². The van der Waals surface area contributed by atoms with Gasteiger partial charge in [-0.1, -0.05) is 6.07 Å². The number of rotatable bonds is 10. The molecule has 4 rings (SSSR count). The minimum Gasteiger partial charge on any atom is -0.494 e. The number of aromatic nitrogens is 2. The molecule has 2 aromatic carbocycles. The van der Waals surface area contributed by atoms with Gasteiger partial charge in [-0.05, 0) is 66.6 Å². The van der Waals surface area contributed by atoms with Crippen LogP contribution in [0.25, 0.3) is 10.6 Å². The Balaban J connectivity index is 1.35. The Bertz CT molecular complexity index is 1230. The van der Waals surface area contributed by atoms with Crippen LogP contribution in [0.3, 0.4) is 0 Å². The second-order valence-electron chi connectivity index (χ2n) is 7.31. The summed E-state index contributed by atoms with van der Waals surface area (Å²) in [5, 5.41) is 5.46. The van der Waals surface area contributed by atoms with Gasteiger partial charge in [-0.15, -0.1) is 11.3 Å². The van der Waals surface area contributed by atoms with Gasteiger partial charge < -0.3 is 19.5 Å². The van der Waals surface area contributed by atoms with E-state index in [1.807, 2.05) is 61.5 Å². The Morgan fingerprint density at radius 1 is 0.971 bits per heavy atom. The van der Waals surface area contributed by atoms with Crippen LogP contribution in [0, 0.1) is 0 Å². The van der Waals surface area contributed by atoms with Gasteiger partial charge in [0.25, 0.3) is 5.91 Å². The lowest BCUT2D eigenvalue weighted by molar-refractivity contribution is 0.0946. The molecule has 0 aliphatic carbocycles. The number of hydrogen-bond donors (Lipinski definition) is 1. The first-order chi connectivity index (χ1) is 16.7. The van der Waals surface area contributed by atoms with Crippen molar-refractivity contribution < 1.29 is 19.0 Å². The van der Waals surface area contributed by atoms with Crippen molar-refractivity contribution in [1.29, 1.82) is 0 Å². The first-order valence-corrected chi connectivity index (χ1v) is 11.7. The number of nitrogens with zero attached hydrogens (tertiary/aromatic N) is 2. The van der Waals surface area contributed by atoms with Crippen molar-refractivity contribution >= 4 is 17.2 Å². The molecule has 0 aliphatic rings. The summed E-state index contributed by atoms with van der Waals surface area (Å²) in [7, 11) is 1.59. The third-order valence-corrected chi connectivity index (χ3v) is 5.87. The van der Waals surface area contributed by atoms with Crippen molar-refractivity contribution in [2.24, 2.45) is 0 Å². The first kappa shape index (κ1) is 23.3. The summed E-state index contributed by atoms with van der Waals surface area (Å²) in [5.41, 5.74) is 3.24. The number of thiazole rings is 1. The van der Waals surface area contributed by atoms with Gasteiger partial charge in [0.2, 0.25) is 0 Å². The largest absolute Gasteiger partial charge is 0.494 e. The van der Waals surface area contributed by atoms with E-state index in [9.17, 15) is 4.79 Å². The van der Waals surface area contributed by atoms with Crippen LogP contribution in [-0.4, -0.2) is 29.6 Å². The van der Waals surface area contributed by atoms with Gasteiger partial charge in [-0.25, -0.2) is 4.98 Å². The van der Waals surface area contributed by atoms with Crippen LogP contribution in [0.4, 0.5) is 0 Å². The van der Waals surface area contributed by atoms with Crippen molar-refractivity contribution in [3.63, 3.8) is 0 Å². The quantitative estimate of drug-likeness (QED) is 0.343. The lowest BCUT2D eigenvalue weighted by Crippen LogP contribution is -2.23. The molecule has 7 nitrogen and oxygen atoms in total. The highest BCUT2D eigenvalue weighted by molar-refractivity contribution is 7.13. The van der Waals surface area contributed by atoms with Crippen LogP contribution in [0.1, 0.15) is 28.5 Å². The number of pyridine rings is 1. The van der Waals surface area contributed by atoms with Crippen LogP contribution in [0.15, 0.2) is 72.4 Å². The predicted molar refractivity (Wildman–Crippen MR) is 131 cm³/mol. The van der Waals surface area contributed by atoms with Gasteiger partial charge in [0, 0.05) is 29.9 Å².